The van der Waals surface area contributed by atoms with E-state index in [0.717, 1.165) is 31.6 Å². The lowest BCUT2D eigenvalue weighted by Crippen LogP contribution is -2.41. The Hall–Kier alpha value is -0.905. The Morgan fingerprint density at radius 1 is 1.10 bits per heavy atom. The molecule has 0 bridgehead atoms. The average molecular weight is 289 g/mol. The van der Waals surface area contributed by atoms with E-state index in [1.165, 1.54) is 5.56 Å². The second-order valence-electron chi connectivity index (χ2n) is 6.95. The van der Waals surface area contributed by atoms with Gasteiger partial charge in [-0.15, -0.1) is 0 Å². The molecule has 1 aromatic heterocycles. The van der Waals surface area contributed by atoms with Gasteiger partial charge in [0.15, 0.2) is 0 Å². The van der Waals surface area contributed by atoms with Gasteiger partial charge in [0.1, 0.15) is 0 Å². The fraction of sp³-hybridized carbons (Fsp3) is 0.688. The van der Waals surface area contributed by atoms with Crippen LogP contribution in [0.5, 0.6) is 0 Å². The molecule has 0 atom stereocenters. The Morgan fingerprint density at radius 2 is 1.71 bits per heavy atom. The van der Waals surface area contributed by atoms with E-state index in [9.17, 15) is 0 Å². The molecule has 0 radical (unpaired) electrons. The zero-order valence-electron chi connectivity index (χ0n) is 13.4. The van der Waals surface area contributed by atoms with Gasteiger partial charge >= 0.3 is 7.12 Å². The summed E-state index contributed by atoms with van der Waals surface area (Å²) in [5, 5.41) is 0. The summed E-state index contributed by atoms with van der Waals surface area (Å²) in [6.45, 7) is 9.94. The van der Waals surface area contributed by atoms with Gasteiger partial charge in [-0.05, 0) is 58.1 Å². The van der Waals surface area contributed by atoms with Crippen molar-refractivity contribution < 1.29 is 14.0 Å². The molecule has 5 heteroatoms. The molecule has 4 nitrogen and oxygen atoms in total. The van der Waals surface area contributed by atoms with Crippen LogP contribution in [0.25, 0.3) is 0 Å². The molecule has 0 amide bonds. The van der Waals surface area contributed by atoms with Crippen LogP contribution >= 0.6 is 0 Å². The monoisotopic (exact) mass is 289 g/mol. The van der Waals surface area contributed by atoms with Crippen molar-refractivity contribution in [3.8, 4) is 0 Å². The quantitative estimate of drug-likeness (QED) is 0.783. The Labute approximate surface area is 127 Å². The first-order valence-corrected chi connectivity index (χ1v) is 7.79. The van der Waals surface area contributed by atoms with Gasteiger partial charge in [-0.25, -0.2) is 0 Å². The zero-order chi connectivity index (χ0) is 15.1. The molecule has 0 spiro atoms. The molecule has 2 aliphatic heterocycles. The van der Waals surface area contributed by atoms with Crippen LogP contribution in [0, 0.1) is 0 Å². The number of hydrogen-bond donors (Lipinski definition) is 0. The summed E-state index contributed by atoms with van der Waals surface area (Å²) < 4.78 is 17.8. The number of nitrogens with zero attached hydrogens (tertiary/aromatic N) is 1. The largest absolute Gasteiger partial charge is 0.514 e. The van der Waals surface area contributed by atoms with Crippen molar-refractivity contribution in [1.29, 1.82) is 0 Å². The van der Waals surface area contributed by atoms with Crippen LogP contribution in [0.15, 0.2) is 18.3 Å². The number of hydrogen-bond acceptors (Lipinski definition) is 4. The van der Waals surface area contributed by atoms with Gasteiger partial charge in [0.2, 0.25) is 0 Å². The van der Waals surface area contributed by atoms with Crippen LogP contribution in [-0.2, 0) is 14.0 Å². The van der Waals surface area contributed by atoms with E-state index >= 15 is 0 Å². The van der Waals surface area contributed by atoms with E-state index in [1.807, 2.05) is 12.3 Å². The summed E-state index contributed by atoms with van der Waals surface area (Å²) in [5.41, 5.74) is 1.52. The number of rotatable bonds is 2. The predicted molar refractivity (Wildman–Crippen MR) is 82.7 cm³/mol. The molecule has 114 valence electrons. The first-order valence-electron chi connectivity index (χ1n) is 7.79. The molecule has 0 N–H and O–H groups in total. The van der Waals surface area contributed by atoms with Crippen LogP contribution < -0.4 is 5.59 Å². The zero-order valence-corrected chi connectivity index (χ0v) is 13.4. The third kappa shape index (κ3) is 2.74. The molecule has 2 fully saturated rings. The van der Waals surface area contributed by atoms with E-state index in [0.29, 0.717) is 5.92 Å². The van der Waals surface area contributed by atoms with E-state index < -0.39 is 0 Å². The first kappa shape index (κ1) is 15.0. The van der Waals surface area contributed by atoms with Gasteiger partial charge < -0.3 is 14.0 Å². The van der Waals surface area contributed by atoms with E-state index in [2.05, 4.69) is 38.7 Å². The second-order valence-corrected chi connectivity index (χ2v) is 6.95. The molecule has 0 saturated carbocycles. The van der Waals surface area contributed by atoms with Crippen molar-refractivity contribution in [2.45, 2.75) is 57.7 Å². The summed E-state index contributed by atoms with van der Waals surface area (Å²) in [4.78, 5) is 4.58. The lowest BCUT2D eigenvalue weighted by atomic mass is 9.76. The van der Waals surface area contributed by atoms with E-state index in [1.54, 1.807) is 0 Å². The van der Waals surface area contributed by atoms with Crippen LogP contribution in [0.1, 0.15) is 52.0 Å². The molecule has 2 saturated heterocycles. The smallest absolute Gasteiger partial charge is 0.398 e. The normalized spacial score (nSPS) is 25.2. The predicted octanol–water partition coefficient (Wildman–Crippen LogP) is 2.27. The fourth-order valence-electron chi connectivity index (χ4n) is 2.94. The van der Waals surface area contributed by atoms with Crippen LogP contribution in [0.2, 0.25) is 0 Å². The third-order valence-electron chi connectivity index (χ3n) is 5.01. The molecule has 3 heterocycles. The molecule has 0 aromatic carbocycles. The third-order valence-corrected chi connectivity index (χ3v) is 5.01. The first-order chi connectivity index (χ1) is 9.91. The molecule has 0 aliphatic carbocycles. The highest BCUT2D eigenvalue weighted by atomic mass is 16.7. The van der Waals surface area contributed by atoms with Crippen molar-refractivity contribution in [3.63, 3.8) is 0 Å². The average Bonchev–Trinajstić information content (AvgIpc) is 2.68. The minimum atomic E-state index is -0.381. The Bertz CT molecular complexity index is 496. The highest BCUT2D eigenvalue weighted by Gasteiger charge is 2.53. The second kappa shape index (κ2) is 5.38. The molecular formula is C16H24BNO3. The number of ether oxygens (including phenoxy) is 1. The SMILES string of the molecule is CC1(C)OB(c2ncccc2C2CCOCC2)OC1(C)C. The van der Waals surface area contributed by atoms with Crippen molar-refractivity contribution in [1.82, 2.24) is 4.98 Å². The minimum absolute atomic E-state index is 0.331. The Kier molecular flexibility index (Phi) is 3.84. The summed E-state index contributed by atoms with van der Waals surface area (Å²) in [6, 6.07) is 4.16. The van der Waals surface area contributed by atoms with Crippen LogP contribution in [-0.4, -0.2) is 36.5 Å². The summed E-state index contributed by atoms with van der Waals surface area (Å²) in [6.07, 6.45) is 3.90. The van der Waals surface area contributed by atoms with Crippen molar-refractivity contribution in [2.75, 3.05) is 13.2 Å². The molecular weight excluding hydrogens is 265 g/mol. The van der Waals surface area contributed by atoms with Gasteiger partial charge in [-0.2, -0.15) is 0 Å². The molecule has 21 heavy (non-hydrogen) atoms. The van der Waals surface area contributed by atoms with Crippen LogP contribution in [0.3, 0.4) is 0 Å². The number of pyridine rings is 1. The molecule has 0 unspecified atom stereocenters. The van der Waals surface area contributed by atoms with Gasteiger partial charge in [0, 0.05) is 19.4 Å². The summed E-state index contributed by atoms with van der Waals surface area (Å²) in [7, 11) is -0.381. The summed E-state index contributed by atoms with van der Waals surface area (Å²) >= 11 is 0. The lowest BCUT2D eigenvalue weighted by molar-refractivity contribution is 0.00578. The topological polar surface area (TPSA) is 40.6 Å². The van der Waals surface area contributed by atoms with Gasteiger partial charge in [0.25, 0.3) is 0 Å². The minimum Gasteiger partial charge on any atom is -0.398 e. The number of aromatic nitrogens is 1. The Morgan fingerprint density at radius 3 is 2.33 bits per heavy atom. The van der Waals surface area contributed by atoms with Crippen molar-refractivity contribution >= 4 is 12.7 Å². The summed E-state index contributed by atoms with van der Waals surface area (Å²) in [5.74, 6) is 0.487. The van der Waals surface area contributed by atoms with E-state index in [4.69, 9.17) is 14.0 Å². The maximum absolute atomic E-state index is 6.17. The maximum atomic E-state index is 6.17. The molecule has 2 aliphatic rings. The highest BCUT2D eigenvalue weighted by Crippen LogP contribution is 2.37. The molecule has 3 rings (SSSR count). The lowest BCUT2D eigenvalue weighted by Gasteiger charge is -2.32. The van der Waals surface area contributed by atoms with Gasteiger partial charge in [-0.3, -0.25) is 4.98 Å². The standard InChI is InChI=1S/C16H24BNO3/c1-15(2)16(3,4)21-17(20-15)14-13(6-5-9-18-14)12-7-10-19-11-8-12/h5-6,9,12H,7-8,10-11H2,1-4H3. The van der Waals surface area contributed by atoms with Crippen molar-refractivity contribution in [2.24, 2.45) is 0 Å². The van der Waals surface area contributed by atoms with Gasteiger partial charge in [-0.1, -0.05) is 6.07 Å². The molecule has 1 aromatic rings. The van der Waals surface area contributed by atoms with Crippen molar-refractivity contribution in [3.05, 3.63) is 23.9 Å². The fourth-order valence-corrected chi connectivity index (χ4v) is 2.94. The van der Waals surface area contributed by atoms with Crippen LogP contribution in [0.4, 0.5) is 0 Å². The van der Waals surface area contributed by atoms with E-state index in [-0.39, 0.29) is 18.3 Å². The highest BCUT2D eigenvalue weighted by molar-refractivity contribution is 6.61. The maximum Gasteiger partial charge on any atom is 0.514 e. The van der Waals surface area contributed by atoms with Gasteiger partial charge in [0.05, 0.1) is 16.8 Å². The Balaban J connectivity index is 1.89.